The molecule has 12 heteroatoms. The lowest BCUT2D eigenvalue weighted by molar-refractivity contribution is -0.176. The van der Waals surface area contributed by atoms with Crippen LogP contribution in [0.1, 0.15) is 57.6 Å². The smallest absolute Gasteiger partial charge is 0.435 e. The molecule has 1 aliphatic carbocycles. The lowest BCUT2D eigenvalue weighted by atomic mass is 9.86. The minimum Gasteiger partial charge on any atom is -0.443 e. The van der Waals surface area contributed by atoms with Gasteiger partial charge in [-0.05, 0) is 76.3 Å². The maximum atomic E-state index is 12.9. The number of hydrogen-bond donors (Lipinski definition) is 2. The summed E-state index contributed by atoms with van der Waals surface area (Å²) >= 11 is 0. The van der Waals surface area contributed by atoms with Gasteiger partial charge >= 0.3 is 24.1 Å². The average Bonchev–Trinajstić information content (AvgIpc) is 3.04. The topological polar surface area (TPSA) is 153 Å². The molecule has 3 N–H and O–H groups in total. The Balaban J connectivity index is 1.15. The summed E-state index contributed by atoms with van der Waals surface area (Å²) in [6.07, 6.45) is 1.81. The lowest BCUT2D eigenvalue weighted by Crippen LogP contribution is -2.54. The molecular weight excluding hydrogens is 578 g/mol. The van der Waals surface area contributed by atoms with Gasteiger partial charge in [0.25, 0.3) is 0 Å². The normalized spacial score (nSPS) is 19.0. The zero-order chi connectivity index (χ0) is 32.4. The Labute approximate surface area is 263 Å². The standard InChI is InChI=1S/C33H43N5O7/c1-33(2,3)30(40)45-22-44-29(39)25-9-13-26(14-10-25)35-31(41)38-19-17-37(18-20-38)27-15-11-24(12-16-27)28(34)36-32(42)43-21-23-7-5-4-6-8-23/h4-8,11-12,15-16,25-26H,9-10,13-14,17-22H2,1-3H3,(H,35,41)(H2,34,36,42). The van der Waals surface area contributed by atoms with Crippen LogP contribution in [0.5, 0.6) is 0 Å². The van der Waals surface area contributed by atoms with E-state index in [9.17, 15) is 19.2 Å². The lowest BCUT2D eigenvalue weighted by Gasteiger charge is -2.37. The molecular formula is C33H43N5O7. The summed E-state index contributed by atoms with van der Waals surface area (Å²) < 4.78 is 15.3. The number of carbonyl (C=O) groups is 4. The van der Waals surface area contributed by atoms with E-state index in [2.05, 4.69) is 15.2 Å². The van der Waals surface area contributed by atoms with Crippen molar-refractivity contribution in [2.24, 2.45) is 22.1 Å². The molecule has 3 amide bonds. The number of anilines is 1. The monoisotopic (exact) mass is 621 g/mol. The van der Waals surface area contributed by atoms with Crippen LogP contribution >= 0.6 is 0 Å². The van der Waals surface area contributed by atoms with Crippen LogP contribution < -0.4 is 16.0 Å². The van der Waals surface area contributed by atoms with Crippen LogP contribution in [-0.4, -0.2) is 73.8 Å². The summed E-state index contributed by atoms with van der Waals surface area (Å²) in [5.74, 6) is -0.987. The second kappa shape index (κ2) is 15.4. The van der Waals surface area contributed by atoms with Crippen LogP contribution in [0.25, 0.3) is 0 Å². The van der Waals surface area contributed by atoms with E-state index >= 15 is 0 Å². The molecule has 2 fully saturated rings. The van der Waals surface area contributed by atoms with Gasteiger partial charge in [-0.2, -0.15) is 4.99 Å². The van der Waals surface area contributed by atoms with Crippen molar-refractivity contribution in [3.8, 4) is 0 Å². The number of esters is 2. The second-order valence-corrected chi connectivity index (χ2v) is 12.3. The Morgan fingerprint density at radius 1 is 0.867 bits per heavy atom. The number of urea groups is 1. The molecule has 12 nitrogen and oxygen atoms in total. The van der Waals surface area contributed by atoms with Crippen LogP contribution in [0.2, 0.25) is 0 Å². The van der Waals surface area contributed by atoms with Gasteiger partial charge in [0.2, 0.25) is 6.79 Å². The van der Waals surface area contributed by atoms with E-state index in [0.29, 0.717) is 57.4 Å². The number of hydrogen-bond acceptors (Lipinski definition) is 8. The van der Waals surface area contributed by atoms with Crippen LogP contribution in [0.15, 0.2) is 59.6 Å². The molecule has 242 valence electrons. The van der Waals surface area contributed by atoms with Crippen LogP contribution in [0, 0.1) is 11.3 Å². The summed E-state index contributed by atoms with van der Waals surface area (Å²) in [6.45, 7) is 7.41. The molecule has 0 spiro atoms. The van der Waals surface area contributed by atoms with Gasteiger partial charge in [-0.25, -0.2) is 9.59 Å². The highest BCUT2D eigenvalue weighted by Crippen LogP contribution is 2.26. The molecule has 2 aliphatic rings. The zero-order valence-electron chi connectivity index (χ0n) is 26.2. The molecule has 0 atom stereocenters. The Hall–Kier alpha value is -4.61. The van der Waals surface area contributed by atoms with Crippen molar-refractivity contribution < 1.29 is 33.4 Å². The second-order valence-electron chi connectivity index (χ2n) is 12.3. The summed E-state index contributed by atoms with van der Waals surface area (Å²) in [5, 5.41) is 3.11. The van der Waals surface area contributed by atoms with Crippen LogP contribution in [-0.2, 0) is 30.4 Å². The van der Waals surface area contributed by atoms with E-state index in [4.69, 9.17) is 19.9 Å². The predicted octanol–water partition coefficient (Wildman–Crippen LogP) is 4.21. The van der Waals surface area contributed by atoms with Crippen molar-refractivity contribution in [2.45, 2.75) is 59.1 Å². The molecule has 0 aromatic heterocycles. The van der Waals surface area contributed by atoms with Crippen LogP contribution in [0.4, 0.5) is 15.3 Å². The summed E-state index contributed by atoms with van der Waals surface area (Å²) in [4.78, 5) is 57.0. The minimum absolute atomic E-state index is 0.00594. The Morgan fingerprint density at radius 2 is 1.51 bits per heavy atom. The fourth-order valence-electron chi connectivity index (χ4n) is 5.14. The number of nitrogens with one attached hydrogen (secondary N) is 1. The third-order valence-electron chi connectivity index (χ3n) is 7.90. The van der Waals surface area contributed by atoms with Gasteiger partial charge in [0.15, 0.2) is 0 Å². The molecule has 2 aromatic carbocycles. The molecule has 1 saturated carbocycles. The number of ether oxygens (including phenoxy) is 3. The molecule has 0 radical (unpaired) electrons. The third-order valence-corrected chi connectivity index (χ3v) is 7.90. The van der Waals surface area contributed by atoms with Crippen LogP contribution in [0.3, 0.4) is 0 Å². The first-order valence-electron chi connectivity index (χ1n) is 15.3. The highest BCUT2D eigenvalue weighted by atomic mass is 16.7. The SMILES string of the molecule is CC(C)(C)C(=O)OCOC(=O)C1CCC(NC(=O)N2CCN(c3ccc(/C(N)=N\C(=O)OCc4ccccc4)cc3)CC2)CC1. The number of rotatable bonds is 8. The molecule has 0 unspecified atom stereocenters. The fraction of sp³-hybridized carbons (Fsp3) is 0.485. The molecule has 0 bridgehead atoms. The van der Waals surface area contributed by atoms with Crippen molar-refractivity contribution in [1.82, 2.24) is 10.2 Å². The summed E-state index contributed by atoms with van der Waals surface area (Å²) in [7, 11) is 0. The predicted molar refractivity (Wildman–Crippen MR) is 168 cm³/mol. The van der Waals surface area contributed by atoms with E-state index in [1.807, 2.05) is 54.6 Å². The first kappa shape index (κ1) is 33.3. The number of benzene rings is 2. The number of piperazine rings is 1. The maximum Gasteiger partial charge on any atom is 0.435 e. The van der Waals surface area contributed by atoms with Gasteiger partial charge in [0.1, 0.15) is 12.4 Å². The molecule has 2 aromatic rings. The Kier molecular flexibility index (Phi) is 11.4. The molecule has 45 heavy (non-hydrogen) atoms. The maximum absolute atomic E-state index is 12.9. The fourth-order valence-corrected chi connectivity index (χ4v) is 5.14. The molecule has 1 heterocycles. The number of amidine groups is 1. The van der Waals surface area contributed by atoms with Gasteiger partial charge in [0.05, 0.1) is 11.3 Å². The van der Waals surface area contributed by atoms with Crippen molar-refractivity contribution >= 4 is 35.6 Å². The first-order valence-corrected chi connectivity index (χ1v) is 15.3. The van der Waals surface area contributed by atoms with Gasteiger partial charge in [-0.15, -0.1) is 0 Å². The van der Waals surface area contributed by atoms with Gasteiger partial charge in [-0.1, -0.05) is 30.3 Å². The molecule has 4 rings (SSSR count). The Morgan fingerprint density at radius 3 is 2.13 bits per heavy atom. The molecule has 1 saturated heterocycles. The third kappa shape index (κ3) is 9.95. The van der Waals surface area contributed by atoms with E-state index in [1.165, 1.54) is 0 Å². The van der Waals surface area contributed by atoms with Crippen molar-refractivity contribution in [3.63, 3.8) is 0 Å². The average molecular weight is 622 g/mol. The van der Waals surface area contributed by atoms with E-state index in [0.717, 1.165) is 11.3 Å². The highest BCUT2D eigenvalue weighted by Gasteiger charge is 2.30. The number of aliphatic imine (C=N–C) groups is 1. The Bertz CT molecular complexity index is 1340. The van der Waals surface area contributed by atoms with Crippen molar-refractivity contribution in [3.05, 3.63) is 65.7 Å². The van der Waals surface area contributed by atoms with Gasteiger partial charge in [0, 0.05) is 43.5 Å². The highest BCUT2D eigenvalue weighted by molar-refractivity contribution is 6.02. The van der Waals surface area contributed by atoms with Gasteiger partial charge < -0.3 is 35.1 Å². The zero-order valence-corrected chi connectivity index (χ0v) is 26.2. The number of amides is 3. The largest absolute Gasteiger partial charge is 0.443 e. The first-order chi connectivity index (χ1) is 21.5. The number of carbonyl (C=O) groups excluding carboxylic acids is 4. The summed E-state index contributed by atoms with van der Waals surface area (Å²) in [6, 6.07) is 16.7. The quantitative estimate of drug-likeness (QED) is 0.191. The summed E-state index contributed by atoms with van der Waals surface area (Å²) in [5.41, 5.74) is 7.83. The number of nitrogens with two attached hydrogens (primary N) is 1. The minimum atomic E-state index is -0.749. The van der Waals surface area contributed by atoms with Crippen molar-refractivity contribution in [2.75, 3.05) is 37.9 Å². The van der Waals surface area contributed by atoms with Crippen molar-refractivity contribution in [1.29, 1.82) is 0 Å². The van der Waals surface area contributed by atoms with Gasteiger partial charge in [-0.3, -0.25) is 9.59 Å². The number of nitrogens with zero attached hydrogens (tertiary/aromatic N) is 3. The van der Waals surface area contributed by atoms with E-state index in [-0.39, 0.29) is 43.2 Å². The van der Waals surface area contributed by atoms with E-state index in [1.54, 1.807) is 25.7 Å². The van der Waals surface area contributed by atoms with E-state index < -0.39 is 17.5 Å². The molecule has 1 aliphatic heterocycles.